The van der Waals surface area contributed by atoms with Crippen molar-refractivity contribution in [3.63, 3.8) is 0 Å². The van der Waals surface area contributed by atoms with E-state index in [0.717, 1.165) is 15.2 Å². The summed E-state index contributed by atoms with van der Waals surface area (Å²) in [6, 6.07) is 6.72. The molecule has 1 aromatic heterocycles. The molecule has 0 aliphatic carbocycles. The number of sulfone groups is 1. The van der Waals surface area contributed by atoms with Crippen molar-refractivity contribution in [2.24, 2.45) is 14.1 Å². The lowest BCUT2D eigenvalue weighted by Gasteiger charge is -2.22. The van der Waals surface area contributed by atoms with Gasteiger partial charge in [0, 0.05) is 39.4 Å². The van der Waals surface area contributed by atoms with Crippen molar-refractivity contribution in [3.8, 4) is 0 Å². The minimum atomic E-state index is -4.00. The summed E-state index contributed by atoms with van der Waals surface area (Å²) >= 11 is 0. The van der Waals surface area contributed by atoms with Gasteiger partial charge in [0.2, 0.25) is 5.91 Å². The highest BCUT2D eigenvalue weighted by Crippen LogP contribution is 2.14. The minimum Gasteiger partial charge on any atom is -0.340 e. The van der Waals surface area contributed by atoms with E-state index in [-0.39, 0.29) is 12.2 Å². The number of hydrogen-bond acceptors (Lipinski definition) is 5. The number of rotatable bonds is 6. The number of benzene rings is 1. The van der Waals surface area contributed by atoms with Gasteiger partial charge in [-0.25, -0.2) is 17.6 Å². The number of carbonyl (C=O) groups excluding carboxylic acids is 1. The molecule has 28 heavy (non-hydrogen) atoms. The zero-order chi connectivity index (χ0) is 21.2. The van der Waals surface area contributed by atoms with Crippen LogP contribution in [0.15, 0.2) is 39.9 Å². The second-order valence-electron chi connectivity index (χ2n) is 6.65. The molecule has 0 aliphatic rings. The topological polar surface area (TPSA) is 98.5 Å². The molecule has 1 atom stereocenters. The van der Waals surface area contributed by atoms with Crippen LogP contribution in [0.5, 0.6) is 0 Å². The molecule has 0 radical (unpaired) electrons. The van der Waals surface area contributed by atoms with Crippen LogP contribution >= 0.6 is 0 Å². The molecule has 1 amide bonds. The van der Waals surface area contributed by atoms with Crippen molar-refractivity contribution in [1.29, 1.82) is 0 Å². The van der Waals surface area contributed by atoms with Gasteiger partial charge in [-0.1, -0.05) is 12.1 Å². The molecule has 152 valence electrons. The van der Waals surface area contributed by atoms with Crippen molar-refractivity contribution < 1.29 is 17.6 Å². The first kappa shape index (κ1) is 21.5. The summed E-state index contributed by atoms with van der Waals surface area (Å²) in [5.74, 6) is -1.75. The molecule has 0 saturated carbocycles. The predicted molar refractivity (Wildman–Crippen MR) is 102 cm³/mol. The van der Waals surface area contributed by atoms with Gasteiger partial charge in [0.15, 0.2) is 9.84 Å². The highest BCUT2D eigenvalue weighted by Gasteiger charge is 2.31. The van der Waals surface area contributed by atoms with E-state index >= 15 is 0 Å². The number of amides is 1. The first-order valence-electron chi connectivity index (χ1n) is 8.41. The number of halogens is 1. The number of aromatic nitrogens is 2. The third-order valence-electron chi connectivity index (χ3n) is 4.55. The van der Waals surface area contributed by atoms with Gasteiger partial charge >= 0.3 is 5.69 Å². The van der Waals surface area contributed by atoms with Crippen LogP contribution in [0.3, 0.4) is 0 Å². The Labute approximate surface area is 161 Å². The van der Waals surface area contributed by atoms with Crippen LogP contribution in [-0.4, -0.2) is 40.7 Å². The second kappa shape index (κ2) is 8.09. The summed E-state index contributed by atoms with van der Waals surface area (Å²) in [6.07, 6.45) is 0. The minimum absolute atomic E-state index is 0.000494. The Hall–Kier alpha value is -2.75. The van der Waals surface area contributed by atoms with Crippen molar-refractivity contribution in [1.82, 2.24) is 14.0 Å². The summed E-state index contributed by atoms with van der Waals surface area (Å²) < 4.78 is 40.6. The first-order valence-corrected chi connectivity index (χ1v) is 10.1. The van der Waals surface area contributed by atoms with Gasteiger partial charge in [-0.2, -0.15) is 0 Å². The Morgan fingerprint density at radius 3 is 2.43 bits per heavy atom. The molecule has 1 unspecified atom stereocenters. The van der Waals surface area contributed by atoms with E-state index in [4.69, 9.17) is 0 Å². The smallest absolute Gasteiger partial charge is 0.330 e. The van der Waals surface area contributed by atoms with Crippen LogP contribution < -0.4 is 11.2 Å². The van der Waals surface area contributed by atoms with Crippen LogP contribution in [0.25, 0.3) is 0 Å². The molecule has 0 bridgehead atoms. The summed E-state index contributed by atoms with van der Waals surface area (Å²) in [7, 11) is 0.0683. The molecule has 2 aromatic rings. The summed E-state index contributed by atoms with van der Waals surface area (Å²) in [5, 5.41) is -1.40. The van der Waals surface area contributed by atoms with Gasteiger partial charge < -0.3 is 4.90 Å². The maximum atomic E-state index is 13.3. The summed E-state index contributed by atoms with van der Waals surface area (Å²) in [6.45, 7) is 1.29. The van der Waals surface area contributed by atoms with E-state index in [2.05, 4.69) is 0 Å². The van der Waals surface area contributed by atoms with E-state index in [9.17, 15) is 27.2 Å². The van der Waals surface area contributed by atoms with Crippen LogP contribution in [-0.2, 0) is 41.0 Å². The largest absolute Gasteiger partial charge is 0.340 e. The Morgan fingerprint density at radius 2 is 1.82 bits per heavy atom. The van der Waals surface area contributed by atoms with E-state index in [1.165, 1.54) is 51.2 Å². The monoisotopic (exact) mass is 411 g/mol. The molecular weight excluding hydrogens is 389 g/mol. The van der Waals surface area contributed by atoms with Gasteiger partial charge in [-0.15, -0.1) is 0 Å². The lowest BCUT2D eigenvalue weighted by molar-refractivity contribution is -0.129. The molecule has 0 N–H and O–H groups in total. The molecular formula is C18H22FN3O5S. The van der Waals surface area contributed by atoms with E-state index in [1.807, 2.05) is 0 Å². The second-order valence-corrected chi connectivity index (χ2v) is 8.97. The van der Waals surface area contributed by atoms with Crippen molar-refractivity contribution in [3.05, 3.63) is 68.2 Å². The maximum Gasteiger partial charge on any atom is 0.330 e. The normalized spacial score (nSPS) is 12.6. The Bertz CT molecular complexity index is 1120. The molecule has 1 heterocycles. The molecule has 0 spiro atoms. The van der Waals surface area contributed by atoms with Crippen molar-refractivity contribution in [2.45, 2.75) is 24.5 Å². The molecule has 8 nitrogen and oxygen atoms in total. The SMILES string of the molecule is CC(C(=O)N(C)Cc1cccc(F)c1)S(=O)(=O)Cc1cc(=O)n(C)c(=O)n1C. The highest BCUT2D eigenvalue weighted by atomic mass is 32.2. The Balaban J connectivity index is 2.22. The molecule has 0 fully saturated rings. The molecule has 0 saturated heterocycles. The highest BCUT2D eigenvalue weighted by molar-refractivity contribution is 7.92. The summed E-state index contributed by atoms with van der Waals surface area (Å²) in [4.78, 5) is 37.5. The molecule has 1 aromatic carbocycles. The number of hydrogen-bond donors (Lipinski definition) is 0. The Kier molecular flexibility index (Phi) is 6.23. The van der Waals surface area contributed by atoms with Gasteiger partial charge in [-0.3, -0.25) is 18.7 Å². The van der Waals surface area contributed by atoms with Gasteiger partial charge in [0.1, 0.15) is 11.1 Å². The lowest BCUT2D eigenvalue weighted by atomic mass is 10.2. The van der Waals surface area contributed by atoms with Gasteiger partial charge in [0.25, 0.3) is 5.56 Å². The summed E-state index contributed by atoms with van der Waals surface area (Å²) in [5.41, 5.74) is -0.759. The van der Waals surface area contributed by atoms with E-state index in [1.54, 1.807) is 6.07 Å². The number of nitrogens with zero attached hydrogens (tertiary/aromatic N) is 3. The molecule has 10 heteroatoms. The lowest BCUT2D eigenvalue weighted by Crippen LogP contribution is -2.41. The molecule has 0 aliphatic heterocycles. The van der Waals surface area contributed by atoms with Crippen molar-refractivity contribution in [2.75, 3.05) is 7.05 Å². The van der Waals surface area contributed by atoms with E-state index < -0.39 is 43.8 Å². The number of carbonyl (C=O) groups is 1. The van der Waals surface area contributed by atoms with Crippen LogP contribution in [0.2, 0.25) is 0 Å². The fourth-order valence-corrected chi connectivity index (χ4v) is 4.13. The average molecular weight is 411 g/mol. The van der Waals surface area contributed by atoms with Crippen LogP contribution in [0.1, 0.15) is 18.2 Å². The first-order chi connectivity index (χ1) is 12.9. The van der Waals surface area contributed by atoms with E-state index in [0.29, 0.717) is 5.56 Å². The third-order valence-corrected chi connectivity index (χ3v) is 6.52. The predicted octanol–water partition coefficient (Wildman–Crippen LogP) is 0.185. The quantitative estimate of drug-likeness (QED) is 0.676. The third kappa shape index (κ3) is 4.56. The maximum absolute atomic E-state index is 13.3. The zero-order valence-corrected chi connectivity index (χ0v) is 16.9. The van der Waals surface area contributed by atoms with Gasteiger partial charge in [-0.05, 0) is 24.6 Å². The van der Waals surface area contributed by atoms with Crippen LogP contribution in [0, 0.1) is 5.82 Å². The fraction of sp³-hybridized carbons (Fsp3) is 0.389. The fourth-order valence-electron chi connectivity index (χ4n) is 2.70. The van der Waals surface area contributed by atoms with Crippen molar-refractivity contribution >= 4 is 15.7 Å². The van der Waals surface area contributed by atoms with Crippen LogP contribution in [0.4, 0.5) is 4.39 Å². The zero-order valence-electron chi connectivity index (χ0n) is 16.0. The average Bonchev–Trinajstić information content (AvgIpc) is 2.62. The molecule has 2 rings (SSSR count). The van der Waals surface area contributed by atoms with Gasteiger partial charge in [0.05, 0.1) is 5.75 Å². The Morgan fingerprint density at radius 1 is 1.18 bits per heavy atom. The standard InChI is InChI=1S/C18H22FN3O5S/c1-12(17(24)20(2)10-13-6-5-7-14(19)8-13)28(26,27)11-15-9-16(23)22(4)18(25)21(15)3/h5-9,12H,10-11H2,1-4H3.